The van der Waals surface area contributed by atoms with Gasteiger partial charge in [0.2, 0.25) is 5.91 Å². The van der Waals surface area contributed by atoms with Crippen molar-refractivity contribution < 1.29 is 24.2 Å². The number of nitrogens with one attached hydrogen (secondary N) is 1. The Kier molecular flexibility index (Phi) is 6.26. The fourth-order valence-corrected chi connectivity index (χ4v) is 1.66. The Morgan fingerprint density at radius 1 is 1.38 bits per heavy atom. The average molecular weight is 293 g/mol. The van der Waals surface area contributed by atoms with Gasteiger partial charge in [-0.3, -0.25) is 4.79 Å². The second kappa shape index (κ2) is 7.94. The van der Waals surface area contributed by atoms with Gasteiger partial charge in [-0.15, -0.1) is 0 Å². The third-order valence-corrected chi connectivity index (χ3v) is 2.52. The summed E-state index contributed by atoms with van der Waals surface area (Å²) in [6.45, 7) is 3.69. The molecule has 21 heavy (non-hydrogen) atoms. The first-order chi connectivity index (χ1) is 9.99. The Labute approximate surface area is 123 Å². The van der Waals surface area contributed by atoms with Gasteiger partial charge in [-0.1, -0.05) is 19.1 Å². The minimum absolute atomic E-state index is 0.225. The maximum absolute atomic E-state index is 11.2. The van der Waals surface area contributed by atoms with Crippen molar-refractivity contribution in [1.82, 2.24) is 5.32 Å². The van der Waals surface area contributed by atoms with Crippen LogP contribution in [-0.4, -0.2) is 30.7 Å². The van der Waals surface area contributed by atoms with Crippen LogP contribution >= 0.6 is 0 Å². The van der Waals surface area contributed by atoms with Gasteiger partial charge < -0.3 is 19.9 Å². The molecular formula is C15H19NO5. The van der Waals surface area contributed by atoms with Gasteiger partial charge in [0.05, 0.1) is 13.7 Å². The van der Waals surface area contributed by atoms with Crippen LogP contribution in [0.25, 0.3) is 6.08 Å². The topological polar surface area (TPSA) is 84.9 Å². The van der Waals surface area contributed by atoms with Crippen LogP contribution in [0.5, 0.6) is 11.5 Å². The van der Waals surface area contributed by atoms with Gasteiger partial charge in [0.1, 0.15) is 5.70 Å². The summed E-state index contributed by atoms with van der Waals surface area (Å²) in [7, 11) is 1.51. The minimum Gasteiger partial charge on any atom is -0.493 e. The zero-order chi connectivity index (χ0) is 15.8. The molecule has 0 saturated carbocycles. The first-order valence-corrected chi connectivity index (χ1v) is 6.52. The fraction of sp³-hybridized carbons (Fsp3) is 0.333. The molecule has 0 saturated heterocycles. The Hall–Kier alpha value is -2.50. The van der Waals surface area contributed by atoms with Gasteiger partial charge in [0.25, 0.3) is 0 Å². The van der Waals surface area contributed by atoms with Gasteiger partial charge in [0.15, 0.2) is 11.5 Å². The molecule has 2 N–H and O–H groups in total. The van der Waals surface area contributed by atoms with E-state index in [-0.39, 0.29) is 5.70 Å². The molecule has 0 bridgehead atoms. The van der Waals surface area contributed by atoms with E-state index in [1.165, 1.54) is 20.1 Å². The number of rotatable bonds is 7. The third-order valence-electron chi connectivity index (χ3n) is 2.52. The first kappa shape index (κ1) is 16.6. The molecule has 0 heterocycles. The maximum Gasteiger partial charge on any atom is 0.352 e. The molecule has 0 aromatic heterocycles. The number of carboxylic acids is 1. The molecule has 114 valence electrons. The molecule has 0 fully saturated rings. The van der Waals surface area contributed by atoms with Gasteiger partial charge in [-0.25, -0.2) is 4.79 Å². The van der Waals surface area contributed by atoms with Crippen LogP contribution in [0.2, 0.25) is 0 Å². The summed E-state index contributed by atoms with van der Waals surface area (Å²) >= 11 is 0. The number of methoxy groups -OCH3 is 1. The highest BCUT2D eigenvalue weighted by Gasteiger charge is 2.13. The highest BCUT2D eigenvalue weighted by atomic mass is 16.5. The Bertz CT molecular complexity index is 551. The molecule has 0 spiro atoms. The third kappa shape index (κ3) is 4.83. The zero-order valence-corrected chi connectivity index (χ0v) is 12.3. The molecule has 0 unspecified atom stereocenters. The van der Waals surface area contributed by atoms with Crippen molar-refractivity contribution in [3.8, 4) is 11.5 Å². The predicted molar refractivity (Wildman–Crippen MR) is 78.2 cm³/mol. The monoisotopic (exact) mass is 293 g/mol. The summed E-state index contributed by atoms with van der Waals surface area (Å²) in [6.07, 6.45) is 2.15. The van der Waals surface area contributed by atoms with Gasteiger partial charge in [-0.2, -0.15) is 0 Å². The number of para-hydroxylation sites is 1. The summed E-state index contributed by atoms with van der Waals surface area (Å²) in [6, 6.07) is 5.14. The molecule has 1 aromatic carbocycles. The van der Waals surface area contributed by atoms with Gasteiger partial charge in [0, 0.05) is 12.5 Å². The lowest BCUT2D eigenvalue weighted by molar-refractivity contribution is -0.134. The van der Waals surface area contributed by atoms with Crippen LogP contribution in [0.15, 0.2) is 23.9 Å². The van der Waals surface area contributed by atoms with Crippen molar-refractivity contribution in [1.29, 1.82) is 0 Å². The van der Waals surface area contributed by atoms with E-state index in [2.05, 4.69) is 5.32 Å². The lowest BCUT2D eigenvalue weighted by Crippen LogP contribution is -2.24. The number of amides is 1. The van der Waals surface area contributed by atoms with Crippen LogP contribution in [0.4, 0.5) is 0 Å². The largest absolute Gasteiger partial charge is 0.493 e. The average Bonchev–Trinajstić information content (AvgIpc) is 2.44. The number of carboxylic acid groups (broad SMARTS) is 1. The number of ether oxygens (including phenoxy) is 2. The van der Waals surface area contributed by atoms with E-state index in [4.69, 9.17) is 14.6 Å². The zero-order valence-electron chi connectivity index (χ0n) is 12.3. The molecule has 1 rings (SSSR count). The van der Waals surface area contributed by atoms with Crippen LogP contribution in [0, 0.1) is 0 Å². The number of benzene rings is 1. The van der Waals surface area contributed by atoms with Crippen LogP contribution in [0.1, 0.15) is 25.8 Å². The molecule has 1 amide bonds. The summed E-state index contributed by atoms with van der Waals surface area (Å²) in [5.41, 5.74) is 0.297. The predicted octanol–water partition coefficient (Wildman–Crippen LogP) is 2.05. The van der Waals surface area contributed by atoms with Gasteiger partial charge in [-0.05, 0) is 18.6 Å². The summed E-state index contributed by atoms with van der Waals surface area (Å²) in [5, 5.41) is 11.4. The lowest BCUT2D eigenvalue weighted by Gasteiger charge is -2.13. The van der Waals surface area contributed by atoms with Crippen molar-refractivity contribution in [2.45, 2.75) is 20.3 Å². The van der Waals surface area contributed by atoms with E-state index in [1.807, 2.05) is 6.92 Å². The number of aliphatic carboxylic acids is 1. The van der Waals surface area contributed by atoms with E-state index in [0.29, 0.717) is 23.7 Å². The molecule has 6 heteroatoms. The normalized spacial score (nSPS) is 10.9. The summed E-state index contributed by atoms with van der Waals surface area (Å²) in [4.78, 5) is 22.2. The van der Waals surface area contributed by atoms with Crippen LogP contribution in [0.3, 0.4) is 0 Å². The highest BCUT2D eigenvalue weighted by molar-refractivity contribution is 5.96. The van der Waals surface area contributed by atoms with E-state index in [9.17, 15) is 9.59 Å². The first-order valence-electron chi connectivity index (χ1n) is 6.52. The van der Waals surface area contributed by atoms with Crippen molar-refractivity contribution in [3.05, 3.63) is 29.5 Å². The summed E-state index contributed by atoms with van der Waals surface area (Å²) < 4.78 is 10.8. The Balaban J connectivity index is 3.26. The van der Waals surface area contributed by atoms with E-state index in [0.717, 1.165) is 6.42 Å². The second-order valence-corrected chi connectivity index (χ2v) is 4.27. The van der Waals surface area contributed by atoms with E-state index < -0.39 is 11.9 Å². The fourth-order valence-electron chi connectivity index (χ4n) is 1.66. The Morgan fingerprint density at radius 3 is 2.62 bits per heavy atom. The van der Waals surface area contributed by atoms with E-state index >= 15 is 0 Å². The molecule has 6 nitrogen and oxygen atoms in total. The molecule has 0 atom stereocenters. The lowest BCUT2D eigenvalue weighted by atomic mass is 10.1. The SMILES string of the molecule is CCCOc1c(/C=C(\NC(C)=O)C(=O)O)cccc1OC. The van der Waals surface area contributed by atoms with E-state index in [1.54, 1.807) is 18.2 Å². The van der Waals surface area contributed by atoms with Gasteiger partial charge >= 0.3 is 5.97 Å². The summed E-state index contributed by atoms with van der Waals surface area (Å²) in [5.74, 6) is -0.729. The second-order valence-electron chi connectivity index (χ2n) is 4.27. The standard InChI is InChI=1S/C15H19NO5/c1-4-8-21-14-11(6-5-7-13(14)20-3)9-12(15(18)19)16-10(2)17/h5-7,9H,4,8H2,1-3H3,(H,16,17)(H,18,19)/b12-9-. The number of carbonyl (C=O) groups is 2. The number of hydrogen-bond acceptors (Lipinski definition) is 4. The van der Waals surface area contributed by atoms with Crippen molar-refractivity contribution >= 4 is 18.0 Å². The quantitative estimate of drug-likeness (QED) is 0.751. The highest BCUT2D eigenvalue weighted by Crippen LogP contribution is 2.32. The molecule has 1 aromatic rings. The number of carbonyl (C=O) groups excluding carboxylic acids is 1. The van der Waals surface area contributed by atoms with Crippen molar-refractivity contribution in [2.24, 2.45) is 0 Å². The molecule has 0 radical (unpaired) electrons. The van der Waals surface area contributed by atoms with Crippen LogP contribution in [-0.2, 0) is 9.59 Å². The molecular weight excluding hydrogens is 274 g/mol. The Morgan fingerprint density at radius 2 is 2.10 bits per heavy atom. The smallest absolute Gasteiger partial charge is 0.352 e. The number of hydrogen-bond donors (Lipinski definition) is 2. The molecule has 0 aliphatic heterocycles. The maximum atomic E-state index is 11.2. The minimum atomic E-state index is -1.23. The van der Waals surface area contributed by atoms with Crippen molar-refractivity contribution in [3.63, 3.8) is 0 Å². The van der Waals surface area contributed by atoms with Crippen LogP contribution < -0.4 is 14.8 Å². The molecule has 0 aliphatic rings. The van der Waals surface area contributed by atoms with Crippen molar-refractivity contribution in [2.75, 3.05) is 13.7 Å². The molecule has 0 aliphatic carbocycles.